The molecule has 2 aromatic carbocycles. The van der Waals surface area contributed by atoms with Crippen molar-refractivity contribution >= 4 is 21.7 Å². The molecule has 4 rings (SSSR count). The second-order valence-corrected chi connectivity index (χ2v) is 7.64. The lowest BCUT2D eigenvalue weighted by Gasteiger charge is -2.28. The van der Waals surface area contributed by atoms with Crippen LogP contribution in [-0.2, 0) is 13.0 Å². The van der Waals surface area contributed by atoms with Gasteiger partial charge in [-0.3, -0.25) is 0 Å². The third kappa shape index (κ3) is 2.88. The summed E-state index contributed by atoms with van der Waals surface area (Å²) in [4.78, 5) is 13.9. The summed E-state index contributed by atoms with van der Waals surface area (Å²) in [5.74, 6) is 1.07. The molecule has 4 heteroatoms. The molecule has 2 N–H and O–H groups in total. The number of aryl methyl sites for hydroxylation is 1. The van der Waals surface area contributed by atoms with Gasteiger partial charge in [0.25, 0.3) is 0 Å². The Labute approximate surface area is 153 Å². The number of nitrogens with one attached hydrogen (secondary N) is 1. The largest absolute Gasteiger partial charge is 0.507 e. The van der Waals surface area contributed by atoms with Crippen LogP contribution < -0.4 is 10.5 Å². The number of phenols is 1. The quantitative estimate of drug-likeness (QED) is 0.563. The predicted octanol–water partition coefficient (Wildman–Crippen LogP) is 3.03. The highest BCUT2D eigenvalue weighted by Crippen LogP contribution is 2.34. The predicted molar refractivity (Wildman–Crippen MR) is 104 cm³/mol. The van der Waals surface area contributed by atoms with Crippen LogP contribution in [0.1, 0.15) is 37.8 Å². The lowest BCUT2D eigenvalue weighted by molar-refractivity contribution is -0.919. The van der Waals surface area contributed by atoms with Crippen molar-refractivity contribution in [2.24, 2.45) is 5.92 Å². The van der Waals surface area contributed by atoms with Gasteiger partial charge in [0.15, 0.2) is 5.58 Å². The topological polar surface area (TPSA) is 54.9 Å². The number of phenolic OH excluding ortho intramolecular Hbond substituents is 1. The van der Waals surface area contributed by atoms with Crippen molar-refractivity contribution < 1.29 is 14.4 Å². The van der Waals surface area contributed by atoms with Crippen LogP contribution >= 0.6 is 0 Å². The molecule has 0 unspecified atom stereocenters. The van der Waals surface area contributed by atoms with Gasteiger partial charge in [0.2, 0.25) is 0 Å². The first-order chi connectivity index (χ1) is 12.6. The Morgan fingerprint density at radius 3 is 2.54 bits per heavy atom. The van der Waals surface area contributed by atoms with Gasteiger partial charge in [0.05, 0.1) is 24.0 Å². The van der Waals surface area contributed by atoms with E-state index in [0.717, 1.165) is 47.3 Å². The van der Waals surface area contributed by atoms with Gasteiger partial charge in [-0.2, -0.15) is 0 Å². The number of benzene rings is 2. The number of fused-ring (bicyclic) bond motifs is 3. The number of piperidine rings is 1. The van der Waals surface area contributed by atoms with E-state index in [-0.39, 0.29) is 5.63 Å². The number of likely N-dealkylation sites (tertiary alicyclic amines) is 1. The highest BCUT2D eigenvalue weighted by atomic mass is 16.4. The maximum atomic E-state index is 12.5. The van der Waals surface area contributed by atoms with Gasteiger partial charge in [-0.1, -0.05) is 32.0 Å². The smallest absolute Gasteiger partial charge is 0.344 e. The second kappa shape index (κ2) is 6.76. The van der Waals surface area contributed by atoms with Crippen molar-refractivity contribution in [2.75, 3.05) is 13.1 Å². The Morgan fingerprint density at radius 1 is 1.15 bits per heavy atom. The van der Waals surface area contributed by atoms with Crippen molar-refractivity contribution in [3.8, 4) is 5.75 Å². The van der Waals surface area contributed by atoms with Gasteiger partial charge in [-0.25, -0.2) is 4.79 Å². The average molecular weight is 352 g/mol. The van der Waals surface area contributed by atoms with E-state index in [2.05, 4.69) is 6.92 Å². The molecule has 26 heavy (non-hydrogen) atoms. The molecule has 0 aliphatic carbocycles. The zero-order valence-electron chi connectivity index (χ0n) is 15.5. The molecular formula is C22H26NO3+. The molecule has 0 radical (unpaired) electrons. The summed E-state index contributed by atoms with van der Waals surface area (Å²) in [5.41, 5.74) is 1.91. The molecular weight excluding hydrogens is 326 g/mol. The lowest BCUT2D eigenvalue weighted by Crippen LogP contribution is -3.11. The fourth-order valence-electron chi connectivity index (χ4n) is 4.16. The molecule has 1 saturated heterocycles. The van der Waals surface area contributed by atoms with Crippen LogP contribution in [0.2, 0.25) is 0 Å². The molecule has 0 bridgehead atoms. The lowest BCUT2D eigenvalue weighted by atomic mass is 9.96. The van der Waals surface area contributed by atoms with Crippen LogP contribution in [0.4, 0.5) is 0 Å². The van der Waals surface area contributed by atoms with E-state index in [4.69, 9.17) is 4.42 Å². The van der Waals surface area contributed by atoms with Crippen LogP contribution in [0.3, 0.4) is 0 Å². The van der Waals surface area contributed by atoms with Gasteiger partial charge in [0.1, 0.15) is 12.3 Å². The van der Waals surface area contributed by atoms with E-state index in [9.17, 15) is 9.90 Å². The Bertz CT molecular complexity index is 1010. The molecule has 0 atom stereocenters. The molecule has 136 valence electrons. The molecule has 0 spiro atoms. The van der Waals surface area contributed by atoms with Gasteiger partial charge >= 0.3 is 5.63 Å². The van der Waals surface area contributed by atoms with Crippen molar-refractivity contribution in [1.29, 1.82) is 0 Å². The fraction of sp³-hybridized carbons (Fsp3) is 0.409. The Morgan fingerprint density at radius 2 is 1.85 bits per heavy atom. The van der Waals surface area contributed by atoms with Crippen molar-refractivity contribution in [3.63, 3.8) is 0 Å². The Balaban J connectivity index is 1.92. The number of hydrogen-bond acceptors (Lipinski definition) is 3. The minimum absolute atomic E-state index is 0.296. The molecule has 1 aromatic heterocycles. The zero-order valence-corrected chi connectivity index (χ0v) is 15.5. The third-order valence-corrected chi connectivity index (χ3v) is 5.85. The molecule has 1 fully saturated rings. The number of quaternary nitrogens is 1. The van der Waals surface area contributed by atoms with Crippen LogP contribution in [0, 0.1) is 5.92 Å². The summed E-state index contributed by atoms with van der Waals surface area (Å²) in [6.45, 7) is 7.23. The molecule has 3 aromatic rings. The maximum Gasteiger partial charge on any atom is 0.344 e. The maximum absolute atomic E-state index is 12.5. The van der Waals surface area contributed by atoms with Gasteiger partial charge < -0.3 is 14.4 Å². The zero-order chi connectivity index (χ0) is 18.3. The SMILES string of the molecule is CCc1cc2c(oc(=O)c3ccccc32)c(C[NH+]2CCC(C)CC2)c1O. The number of hydrogen-bond donors (Lipinski definition) is 2. The first-order valence-electron chi connectivity index (χ1n) is 9.61. The minimum Gasteiger partial charge on any atom is -0.507 e. The van der Waals surface area contributed by atoms with Gasteiger partial charge in [-0.05, 0) is 48.3 Å². The Kier molecular flexibility index (Phi) is 4.45. The summed E-state index contributed by atoms with van der Waals surface area (Å²) in [5, 5.41) is 13.3. The van der Waals surface area contributed by atoms with Crippen molar-refractivity contribution in [2.45, 2.75) is 39.7 Å². The molecule has 4 nitrogen and oxygen atoms in total. The summed E-state index contributed by atoms with van der Waals surface area (Å²) < 4.78 is 5.72. The fourth-order valence-corrected chi connectivity index (χ4v) is 4.16. The van der Waals surface area contributed by atoms with Crippen LogP contribution in [0.5, 0.6) is 5.75 Å². The van der Waals surface area contributed by atoms with E-state index >= 15 is 0 Å². The van der Waals surface area contributed by atoms with E-state index in [1.807, 2.05) is 31.2 Å². The first-order valence-corrected chi connectivity index (χ1v) is 9.61. The van der Waals surface area contributed by atoms with Crippen molar-refractivity contribution in [3.05, 3.63) is 51.9 Å². The van der Waals surface area contributed by atoms with E-state index in [1.54, 1.807) is 6.07 Å². The van der Waals surface area contributed by atoms with Crippen LogP contribution in [-0.4, -0.2) is 18.2 Å². The second-order valence-electron chi connectivity index (χ2n) is 7.64. The van der Waals surface area contributed by atoms with Crippen molar-refractivity contribution in [1.82, 2.24) is 0 Å². The van der Waals surface area contributed by atoms with E-state index in [0.29, 0.717) is 23.3 Å². The van der Waals surface area contributed by atoms with E-state index in [1.165, 1.54) is 17.7 Å². The van der Waals surface area contributed by atoms with Gasteiger partial charge in [-0.15, -0.1) is 0 Å². The molecule has 1 aliphatic rings. The third-order valence-electron chi connectivity index (χ3n) is 5.85. The highest BCUT2D eigenvalue weighted by molar-refractivity contribution is 6.06. The first kappa shape index (κ1) is 17.1. The summed E-state index contributed by atoms with van der Waals surface area (Å²) in [6, 6.07) is 9.54. The summed E-state index contributed by atoms with van der Waals surface area (Å²) in [7, 11) is 0. The number of rotatable bonds is 3. The molecule has 0 saturated carbocycles. The molecule has 0 amide bonds. The van der Waals surface area contributed by atoms with Gasteiger partial charge in [0, 0.05) is 5.39 Å². The van der Waals surface area contributed by atoms with Crippen LogP contribution in [0.25, 0.3) is 21.7 Å². The summed E-state index contributed by atoms with van der Waals surface area (Å²) >= 11 is 0. The average Bonchev–Trinajstić information content (AvgIpc) is 2.66. The normalized spacial score (nSPS) is 20.7. The monoisotopic (exact) mass is 352 g/mol. The molecule has 1 aliphatic heterocycles. The minimum atomic E-state index is -0.333. The summed E-state index contributed by atoms with van der Waals surface area (Å²) in [6.07, 6.45) is 3.15. The van der Waals surface area contributed by atoms with E-state index < -0.39 is 0 Å². The molecule has 2 heterocycles. The standard InChI is InChI=1S/C22H25NO3/c1-3-15-12-18-16-6-4-5-7-17(16)22(25)26-21(18)19(20(15)24)13-23-10-8-14(2)9-11-23/h4-7,12,14,24H,3,8-11,13H2,1-2H3/p+1. The number of aromatic hydroxyl groups is 1. The van der Waals surface area contributed by atoms with Crippen LogP contribution in [0.15, 0.2) is 39.5 Å². The Hall–Kier alpha value is -2.33. The highest BCUT2D eigenvalue weighted by Gasteiger charge is 2.24.